The fraction of sp³-hybridized carbons (Fsp3) is 0.250. The standard InChI is InChI=1S/C24H22FN5O2/c1-4-32-23(31)21-15(2)29(20-7-5-6-18(12-20)13-25)24-27-16(3)28-30(24)22(21)19-10-8-17(14-26)9-11-19/h5-12,22H,4,13H2,1-3H3. The van der Waals surface area contributed by atoms with Crippen LogP contribution in [0.15, 0.2) is 59.8 Å². The molecule has 0 fully saturated rings. The second-order valence-electron chi connectivity index (χ2n) is 7.40. The average molecular weight is 431 g/mol. The predicted octanol–water partition coefficient (Wildman–Crippen LogP) is 4.51. The van der Waals surface area contributed by atoms with Crippen molar-refractivity contribution in [3.63, 3.8) is 0 Å². The Hall–Kier alpha value is -3.99. The average Bonchev–Trinajstić information content (AvgIpc) is 3.19. The molecule has 162 valence electrons. The number of alkyl halides is 1. The van der Waals surface area contributed by atoms with Crippen LogP contribution in [0.5, 0.6) is 0 Å². The fourth-order valence-corrected chi connectivity index (χ4v) is 3.94. The van der Waals surface area contributed by atoms with Gasteiger partial charge in [-0.1, -0.05) is 24.3 Å². The third kappa shape index (κ3) is 3.62. The Morgan fingerprint density at radius 3 is 2.62 bits per heavy atom. The van der Waals surface area contributed by atoms with Crippen molar-refractivity contribution in [1.29, 1.82) is 5.26 Å². The number of halogens is 1. The van der Waals surface area contributed by atoms with E-state index < -0.39 is 18.7 Å². The molecule has 1 unspecified atom stereocenters. The van der Waals surface area contributed by atoms with Crippen LogP contribution in [0.3, 0.4) is 0 Å². The van der Waals surface area contributed by atoms with Crippen molar-refractivity contribution in [2.24, 2.45) is 0 Å². The molecule has 8 heteroatoms. The van der Waals surface area contributed by atoms with E-state index in [4.69, 9.17) is 10.00 Å². The highest BCUT2D eigenvalue weighted by Gasteiger charge is 2.39. The molecule has 1 aromatic heterocycles. The fourth-order valence-electron chi connectivity index (χ4n) is 3.94. The number of rotatable bonds is 5. The molecular formula is C24H22FN5O2. The second kappa shape index (κ2) is 8.63. The number of aromatic nitrogens is 3. The molecule has 0 N–H and O–H groups in total. The molecule has 2 aromatic carbocycles. The smallest absolute Gasteiger partial charge is 0.338 e. The number of hydrogen-bond acceptors (Lipinski definition) is 6. The van der Waals surface area contributed by atoms with Gasteiger partial charge in [-0.15, -0.1) is 0 Å². The summed E-state index contributed by atoms with van der Waals surface area (Å²) in [6, 6.07) is 15.6. The summed E-state index contributed by atoms with van der Waals surface area (Å²) in [4.78, 5) is 19.6. The molecule has 0 amide bonds. The molecule has 0 radical (unpaired) electrons. The van der Waals surface area contributed by atoms with Gasteiger partial charge in [-0.3, -0.25) is 4.90 Å². The molecule has 1 aliphatic heterocycles. The lowest BCUT2D eigenvalue weighted by Gasteiger charge is -2.35. The first-order valence-corrected chi connectivity index (χ1v) is 10.2. The van der Waals surface area contributed by atoms with Gasteiger partial charge in [0.25, 0.3) is 0 Å². The van der Waals surface area contributed by atoms with Gasteiger partial charge < -0.3 is 4.74 Å². The summed E-state index contributed by atoms with van der Waals surface area (Å²) in [6.07, 6.45) is 0. The van der Waals surface area contributed by atoms with Gasteiger partial charge in [-0.2, -0.15) is 15.3 Å². The maximum atomic E-state index is 13.4. The van der Waals surface area contributed by atoms with Crippen molar-refractivity contribution >= 4 is 17.6 Å². The number of carbonyl (C=O) groups is 1. The summed E-state index contributed by atoms with van der Waals surface area (Å²) in [6.45, 7) is 4.96. The van der Waals surface area contributed by atoms with Crippen molar-refractivity contribution < 1.29 is 13.9 Å². The van der Waals surface area contributed by atoms with Crippen LogP contribution in [0, 0.1) is 18.3 Å². The molecule has 0 saturated heterocycles. The zero-order valence-corrected chi connectivity index (χ0v) is 18.0. The lowest BCUT2D eigenvalue weighted by molar-refractivity contribution is -0.139. The Morgan fingerprint density at radius 1 is 1.22 bits per heavy atom. The Labute approximate surface area is 185 Å². The summed E-state index contributed by atoms with van der Waals surface area (Å²) in [7, 11) is 0. The number of hydrogen-bond donors (Lipinski definition) is 0. The van der Waals surface area contributed by atoms with Gasteiger partial charge in [-0.05, 0) is 56.2 Å². The second-order valence-corrected chi connectivity index (χ2v) is 7.40. The highest BCUT2D eigenvalue weighted by molar-refractivity contribution is 5.93. The van der Waals surface area contributed by atoms with Gasteiger partial charge in [0.05, 0.1) is 23.8 Å². The Bertz CT molecular complexity index is 1240. The number of esters is 1. The van der Waals surface area contributed by atoms with Crippen molar-refractivity contribution in [2.45, 2.75) is 33.5 Å². The van der Waals surface area contributed by atoms with E-state index in [0.717, 1.165) is 5.56 Å². The van der Waals surface area contributed by atoms with E-state index in [2.05, 4.69) is 16.2 Å². The molecule has 0 bridgehead atoms. The molecular weight excluding hydrogens is 409 g/mol. The number of benzene rings is 2. The molecule has 0 aliphatic carbocycles. The van der Waals surface area contributed by atoms with E-state index in [-0.39, 0.29) is 6.61 Å². The SMILES string of the molecule is CCOC(=O)C1=C(C)N(c2cccc(CF)c2)c2nc(C)nn2C1c1ccc(C#N)cc1. The number of fused-ring (bicyclic) bond motifs is 1. The van der Waals surface area contributed by atoms with Crippen LogP contribution in [0.2, 0.25) is 0 Å². The number of allylic oxidation sites excluding steroid dienone is 1. The Kier molecular flexibility index (Phi) is 5.73. The van der Waals surface area contributed by atoms with Gasteiger partial charge >= 0.3 is 5.97 Å². The maximum absolute atomic E-state index is 13.4. The van der Waals surface area contributed by atoms with Crippen molar-refractivity contribution in [2.75, 3.05) is 11.5 Å². The Morgan fingerprint density at radius 2 is 1.97 bits per heavy atom. The number of anilines is 2. The van der Waals surface area contributed by atoms with E-state index in [1.807, 2.05) is 13.0 Å². The molecule has 4 rings (SSSR count). The molecule has 1 aliphatic rings. The number of nitrogens with zero attached hydrogens (tertiary/aromatic N) is 5. The zero-order valence-electron chi connectivity index (χ0n) is 18.0. The lowest BCUT2D eigenvalue weighted by atomic mass is 9.94. The van der Waals surface area contributed by atoms with Gasteiger partial charge in [0.2, 0.25) is 5.95 Å². The molecule has 7 nitrogen and oxygen atoms in total. The van der Waals surface area contributed by atoms with Crippen molar-refractivity contribution in [1.82, 2.24) is 14.8 Å². The monoisotopic (exact) mass is 431 g/mol. The van der Waals surface area contributed by atoms with E-state index in [1.165, 1.54) is 0 Å². The van der Waals surface area contributed by atoms with E-state index in [0.29, 0.717) is 39.9 Å². The normalized spacial score (nSPS) is 15.3. The summed E-state index contributed by atoms with van der Waals surface area (Å²) in [5, 5.41) is 13.7. The van der Waals surface area contributed by atoms with Gasteiger partial charge in [0.15, 0.2) is 0 Å². The quantitative estimate of drug-likeness (QED) is 0.553. The van der Waals surface area contributed by atoms with Gasteiger partial charge in [0, 0.05) is 11.4 Å². The largest absolute Gasteiger partial charge is 0.463 e. The van der Waals surface area contributed by atoms with Crippen molar-refractivity contribution in [3.05, 3.63) is 82.3 Å². The van der Waals surface area contributed by atoms with Crippen LogP contribution in [0.25, 0.3) is 0 Å². The van der Waals surface area contributed by atoms with Crippen LogP contribution >= 0.6 is 0 Å². The third-order valence-electron chi connectivity index (χ3n) is 5.34. The lowest BCUT2D eigenvalue weighted by Crippen LogP contribution is -2.34. The first kappa shape index (κ1) is 21.2. The van der Waals surface area contributed by atoms with Crippen LogP contribution in [0.1, 0.15) is 42.4 Å². The summed E-state index contributed by atoms with van der Waals surface area (Å²) >= 11 is 0. The number of nitriles is 1. The molecule has 0 saturated carbocycles. The minimum absolute atomic E-state index is 0.219. The zero-order chi connectivity index (χ0) is 22.8. The number of ether oxygens (including phenoxy) is 1. The van der Waals surface area contributed by atoms with E-state index >= 15 is 0 Å². The van der Waals surface area contributed by atoms with Crippen LogP contribution in [-0.2, 0) is 16.2 Å². The summed E-state index contributed by atoms with van der Waals surface area (Å²) in [5.74, 6) is 0.575. The first-order chi connectivity index (χ1) is 15.5. The summed E-state index contributed by atoms with van der Waals surface area (Å²) in [5.41, 5.74) is 3.50. The molecule has 0 spiro atoms. The number of aryl methyl sites for hydroxylation is 1. The highest BCUT2D eigenvalue weighted by atomic mass is 19.1. The van der Waals surface area contributed by atoms with E-state index in [9.17, 15) is 9.18 Å². The van der Waals surface area contributed by atoms with Crippen molar-refractivity contribution in [3.8, 4) is 6.07 Å². The molecule has 32 heavy (non-hydrogen) atoms. The first-order valence-electron chi connectivity index (χ1n) is 10.2. The molecule has 3 aromatic rings. The van der Waals surface area contributed by atoms with E-state index in [1.54, 1.807) is 65.9 Å². The number of carbonyl (C=O) groups excluding carboxylic acids is 1. The van der Waals surface area contributed by atoms with Crippen LogP contribution in [-0.4, -0.2) is 27.3 Å². The highest BCUT2D eigenvalue weighted by Crippen LogP contribution is 2.42. The minimum atomic E-state index is -0.602. The van der Waals surface area contributed by atoms with Crippen LogP contribution < -0.4 is 4.90 Å². The predicted molar refractivity (Wildman–Crippen MR) is 117 cm³/mol. The molecule has 1 atom stereocenters. The summed E-state index contributed by atoms with van der Waals surface area (Å²) < 4.78 is 20.4. The van der Waals surface area contributed by atoms with Gasteiger partial charge in [-0.25, -0.2) is 13.9 Å². The van der Waals surface area contributed by atoms with Gasteiger partial charge in [0.1, 0.15) is 18.5 Å². The van der Waals surface area contributed by atoms with Crippen LogP contribution in [0.4, 0.5) is 16.0 Å². The maximum Gasteiger partial charge on any atom is 0.338 e. The molecule has 2 heterocycles. The Balaban J connectivity index is 1.97. The third-order valence-corrected chi connectivity index (χ3v) is 5.34. The minimum Gasteiger partial charge on any atom is -0.463 e. The topological polar surface area (TPSA) is 84.0 Å².